The molecule has 1 atom stereocenters. The fraction of sp³-hybridized carbons (Fsp3) is 0.734. The zero-order chi connectivity index (χ0) is 50.7. The molecule has 1 unspecified atom stereocenters. The summed E-state index contributed by atoms with van der Waals surface area (Å²) in [6, 6.07) is 0. The molecule has 0 amide bonds. The van der Waals surface area contributed by atoms with E-state index < -0.39 is 6.10 Å². The molecule has 0 aliphatic rings. The van der Waals surface area contributed by atoms with Crippen LogP contribution < -0.4 is 0 Å². The van der Waals surface area contributed by atoms with Gasteiger partial charge in [-0.3, -0.25) is 14.4 Å². The van der Waals surface area contributed by atoms with Crippen molar-refractivity contribution in [1.82, 2.24) is 0 Å². The van der Waals surface area contributed by atoms with Crippen molar-refractivity contribution >= 4 is 17.9 Å². The largest absolute Gasteiger partial charge is 0.462 e. The average Bonchev–Trinajstić information content (AvgIpc) is 3.36. The Hall–Kier alpha value is -3.41. The number of esters is 3. The predicted octanol–water partition coefficient (Wildman–Crippen LogP) is 19.9. The zero-order valence-electron chi connectivity index (χ0n) is 46.0. The summed E-state index contributed by atoms with van der Waals surface area (Å²) in [7, 11) is 0. The first-order chi connectivity index (χ1) is 34.5. The molecule has 0 heterocycles. The summed E-state index contributed by atoms with van der Waals surface area (Å²) >= 11 is 0. The van der Waals surface area contributed by atoms with Gasteiger partial charge in [0.15, 0.2) is 6.10 Å². The van der Waals surface area contributed by atoms with Gasteiger partial charge in [-0.15, -0.1) is 0 Å². The van der Waals surface area contributed by atoms with Crippen molar-refractivity contribution < 1.29 is 28.6 Å². The molecule has 0 N–H and O–H groups in total. The summed E-state index contributed by atoms with van der Waals surface area (Å²) in [6.07, 6.45) is 75.7. The van der Waals surface area contributed by atoms with Gasteiger partial charge in [-0.25, -0.2) is 0 Å². The molecule has 0 aromatic carbocycles. The van der Waals surface area contributed by atoms with Crippen LogP contribution in [0.25, 0.3) is 0 Å². The number of rotatable bonds is 53. The smallest absolute Gasteiger partial charge is 0.306 e. The molecule has 6 nitrogen and oxygen atoms in total. The summed E-state index contributed by atoms with van der Waals surface area (Å²) in [4.78, 5) is 38.1. The Balaban J connectivity index is 4.38. The lowest BCUT2D eigenvalue weighted by Crippen LogP contribution is -2.30. The van der Waals surface area contributed by atoms with Gasteiger partial charge in [-0.1, -0.05) is 273 Å². The van der Waals surface area contributed by atoms with E-state index in [-0.39, 0.29) is 31.1 Å². The summed E-state index contributed by atoms with van der Waals surface area (Å²) in [5.41, 5.74) is 0. The van der Waals surface area contributed by atoms with E-state index in [2.05, 4.69) is 106 Å². The molecule has 0 saturated carbocycles. The van der Waals surface area contributed by atoms with E-state index in [1.54, 1.807) is 0 Å². The lowest BCUT2D eigenvalue weighted by Gasteiger charge is -2.18. The van der Waals surface area contributed by atoms with Gasteiger partial charge in [0, 0.05) is 19.3 Å². The van der Waals surface area contributed by atoms with Crippen molar-refractivity contribution in [3.63, 3.8) is 0 Å². The maximum absolute atomic E-state index is 12.8. The second-order valence-electron chi connectivity index (χ2n) is 19.5. The number of carbonyl (C=O) groups excluding carboxylic acids is 3. The maximum atomic E-state index is 12.8. The highest BCUT2D eigenvalue weighted by Gasteiger charge is 2.19. The molecule has 0 aliphatic heterocycles. The summed E-state index contributed by atoms with van der Waals surface area (Å²) in [5, 5.41) is 0. The van der Waals surface area contributed by atoms with Gasteiger partial charge in [0.05, 0.1) is 0 Å². The average molecular weight is 976 g/mol. The predicted molar refractivity (Wildman–Crippen MR) is 302 cm³/mol. The van der Waals surface area contributed by atoms with Crippen LogP contribution in [-0.4, -0.2) is 37.2 Å². The van der Waals surface area contributed by atoms with Crippen molar-refractivity contribution in [3.8, 4) is 0 Å². The van der Waals surface area contributed by atoms with Gasteiger partial charge in [-0.05, 0) is 77.0 Å². The molecular formula is C64H110O6. The van der Waals surface area contributed by atoms with Crippen molar-refractivity contribution in [2.24, 2.45) is 0 Å². The van der Waals surface area contributed by atoms with E-state index in [1.165, 1.54) is 135 Å². The van der Waals surface area contributed by atoms with Crippen LogP contribution in [0.3, 0.4) is 0 Å². The number of unbranched alkanes of at least 4 members (excludes halogenated alkanes) is 28. The molecule has 0 radical (unpaired) electrons. The van der Waals surface area contributed by atoms with Crippen molar-refractivity contribution in [1.29, 1.82) is 0 Å². The normalized spacial score (nSPS) is 12.7. The van der Waals surface area contributed by atoms with Crippen molar-refractivity contribution in [3.05, 3.63) is 85.1 Å². The van der Waals surface area contributed by atoms with E-state index in [0.29, 0.717) is 19.3 Å². The molecule has 0 saturated heterocycles. The van der Waals surface area contributed by atoms with Crippen LogP contribution in [0.15, 0.2) is 85.1 Å². The molecule has 0 rings (SSSR count). The second-order valence-corrected chi connectivity index (χ2v) is 19.5. The van der Waals surface area contributed by atoms with E-state index in [4.69, 9.17) is 14.2 Å². The van der Waals surface area contributed by atoms with Crippen LogP contribution in [0, 0.1) is 0 Å². The molecule has 6 heteroatoms. The van der Waals surface area contributed by atoms with Gasteiger partial charge in [0.1, 0.15) is 13.2 Å². The third kappa shape index (κ3) is 55.5. The second kappa shape index (κ2) is 58.2. The molecule has 402 valence electrons. The molecule has 0 bridgehead atoms. The molecule has 70 heavy (non-hydrogen) atoms. The van der Waals surface area contributed by atoms with Crippen molar-refractivity contribution in [2.75, 3.05) is 13.2 Å². The monoisotopic (exact) mass is 975 g/mol. The Kier molecular flexibility index (Phi) is 55.3. The highest BCUT2D eigenvalue weighted by atomic mass is 16.6. The number of hydrogen-bond acceptors (Lipinski definition) is 6. The minimum absolute atomic E-state index is 0.0835. The molecule has 0 spiro atoms. The first kappa shape index (κ1) is 66.6. The molecule has 0 aromatic heterocycles. The minimum atomic E-state index is -0.787. The summed E-state index contributed by atoms with van der Waals surface area (Å²) < 4.78 is 16.8. The fourth-order valence-electron chi connectivity index (χ4n) is 8.25. The van der Waals surface area contributed by atoms with Gasteiger partial charge in [0.25, 0.3) is 0 Å². The van der Waals surface area contributed by atoms with E-state index in [9.17, 15) is 14.4 Å². The zero-order valence-corrected chi connectivity index (χ0v) is 46.0. The lowest BCUT2D eigenvalue weighted by atomic mass is 10.0. The van der Waals surface area contributed by atoms with Crippen LogP contribution >= 0.6 is 0 Å². The van der Waals surface area contributed by atoms with E-state index >= 15 is 0 Å². The Morgan fingerprint density at radius 1 is 0.300 bits per heavy atom. The fourth-order valence-corrected chi connectivity index (χ4v) is 8.25. The van der Waals surface area contributed by atoms with Gasteiger partial charge < -0.3 is 14.2 Å². The Morgan fingerprint density at radius 2 is 0.557 bits per heavy atom. The van der Waals surface area contributed by atoms with Crippen molar-refractivity contribution in [2.45, 2.75) is 290 Å². The molecule has 0 aliphatic carbocycles. The standard InChI is InChI=1S/C64H110O6/c1-4-7-10-13-16-19-22-25-27-28-29-30-31-32-33-34-35-36-38-39-42-45-48-51-54-57-63(66)69-60-61(59-68-62(65)56-53-50-47-44-41-24-21-18-15-12-9-6-3)70-64(67)58-55-52-49-46-43-40-37-26-23-20-17-14-11-8-5-2/h7,10,16,19,25,27,29-30,32-33,35-36,39,42,61H,4-6,8-9,11-15,17-18,20-24,26,28,31,34,37-38,40-41,43-60H2,1-3H3/b10-7-,19-16-,27-25-,30-29-,33-32-,36-35-,42-39-. The third-order valence-electron chi connectivity index (χ3n) is 12.7. The van der Waals surface area contributed by atoms with Crippen LogP contribution in [-0.2, 0) is 28.6 Å². The third-order valence-corrected chi connectivity index (χ3v) is 12.7. The molecule has 0 fully saturated rings. The first-order valence-electron chi connectivity index (χ1n) is 29.6. The van der Waals surface area contributed by atoms with Gasteiger partial charge in [-0.2, -0.15) is 0 Å². The SMILES string of the molecule is CC/C=C\C/C=C\C/C=C\C/C=C\C/C=C\C/C=C\C/C=C\CCCCCC(=O)OCC(COC(=O)CCCCCCCCCCCCCC)OC(=O)CCCCCCCCCCCCCCCCC. The van der Waals surface area contributed by atoms with E-state index in [0.717, 1.165) is 109 Å². The number of ether oxygens (including phenoxy) is 3. The molecular weight excluding hydrogens is 865 g/mol. The lowest BCUT2D eigenvalue weighted by molar-refractivity contribution is -0.167. The molecule has 0 aromatic rings. The van der Waals surface area contributed by atoms with Crippen LogP contribution in [0.5, 0.6) is 0 Å². The topological polar surface area (TPSA) is 78.9 Å². The quantitative estimate of drug-likeness (QED) is 0.0261. The highest BCUT2D eigenvalue weighted by Crippen LogP contribution is 2.16. The summed E-state index contributed by atoms with van der Waals surface area (Å²) in [5.74, 6) is -0.908. The number of allylic oxidation sites excluding steroid dienone is 14. The Labute approximate surface area is 433 Å². The number of hydrogen-bond donors (Lipinski definition) is 0. The highest BCUT2D eigenvalue weighted by molar-refractivity contribution is 5.71. The van der Waals surface area contributed by atoms with E-state index in [1.807, 2.05) is 0 Å². The van der Waals surface area contributed by atoms with Crippen LogP contribution in [0.1, 0.15) is 284 Å². The first-order valence-corrected chi connectivity index (χ1v) is 29.6. The summed E-state index contributed by atoms with van der Waals surface area (Å²) in [6.45, 7) is 6.52. The minimum Gasteiger partial charge on any atom is -0.462 e. The van der Waals surface area contributed by atoms with Gasteiger partial charge in [0.2, 0.25) is 0 Å². The Bertz CT molecular complexity index is 1350. The van der Waals surface area contributed by atoms with Gasteiger partial charge >= 0.3 is 17.9 Å². The van der Waals surface area contributed by atoms with Crippen LogP contribution in [0.2, 0.25) is 0 Å². The number of carbonyl (C=O) groups is 3. The Morgan fingerprint density at radius 3 is 0.871 bits per heavy atom. The van der Waals surface area contributed by atoms with Crippen LogP contribution in [0.4, 0.5) is 0 Å². The maximum Gasteiger partial charge on any atom is 0.306 e.